The van der Waals surface area contributed by atoms with Crippen molar-refractivity contribution in [2.24, 2.45) is 0 Å². The Morgan fingerprint density at radius 3 is 2.36 bits per heavy atom. The summed E-state index contributed by atoms with van der Waals surface area (Å²) < 4.78 is 5.48. The van der Waals surface area contributed by atoms with Crippen LogP contribution in [0.2, 0.25) is 0 Å². The molecule has 25 heavy (non-hydrogen) atoms. The number of nitrogens with zero attached hydrogens (tertiary/aromatic N) is 1. The lowest BCUT2D eigenvalue weighted by Gasteiger charge is -2.21. The highest BCUT2D eigenvalue weighted by Crippen LogP contribution is 2.32. The number of ketones is 1. The maximum atomic E-state index is 12.9. The standard InChI is InChI=1S/C19H20N2O4/c1-11-5-7-14(8-6-11)16(22)10-21-17(23)19(4,20-18(21)24)15-9-12(2)25-13(15)3/h5-9H,10H2,1-4H3,(H,20,24). The Morgan fingerprint density at radius 1 is 1.16 bits per heavy atom. The largest absolute Gasteiger partial charge is 0.466 e. The second kappa shape index (κ2) is 5.88. The van der Waals surface area contributed by atoms with E-state index >= 15 is 0 Å². The van der Waals surface area contributed by atoms with Crippen molar-refractivity contribution in [3.63, 3.8) is 0 Å². The molecule has 1 saturated heterocycles. The molecule has 2 aromatic rings. The van der Waals surface area contributed by atoms with Crippen LogP contribution in [0.1, 0.15) is 39.9 Å². The van der Waals surface area contributed by atoms with Crippen molar-refractivity contribution in [3.8, 4) is 0 Å². The molecule has 1 aliphatic heterocycles. The molecule has 1 aromatic heterocycles. The van der Waals surface area contributed by atoms with Crippen molar-refractivity contribution in [1.82, 2.24) is 10.2 Å². The zero-order valence-corrected chi connectivity index (χ0v) is 14.7. The van der Waals surface area contributed by atoms with Gasteiger partial charge in [-0.25, -0.2) is 4.79 Å². The van der Waals surface area contributed by atoms with Crippen LogP contribution in [0.15, 0.2) is 34.7 Å². The van der Waals surface area contributed by atoms with Crippen LogP contribution in [0.5, 0.6) is 0 Å². The number of Topliss-reactive ketones (excluding diaryl/α,β-unsaturated/α-hetero) is 1. The van der Waals surface area contributed by atoms with E-state index in [1.807, 2.05) is 19.1 Å². The van der Waals surface area contributed by atoms with Crippen LogP contribution in [0.25, 0.3) is 0 Å². The molecule has 0 bridgehead atoms. The number of benzene rings is 1. The molecule has 6 heteroatoms. The SMILES string of the molecule is Cc1ccc(C(=O)CN2C(=O)NC(C)(c3cc(C)oc3C)C2=O)cc1. The third kappa shape index (κ3) is 2.84. The second-order valence-electron chi connectivity index (χ2n) is 6.56. The number of carbonyl (C=O) groups is 3. The molecule has 1 unspecified atom stereocenters. The van der Waals surface area contributed by atoms with Gasteiger partial charge in [0.25, 0.3) is 5.91 Å². The Labute approximate surface area is 145 Å². The molecule has 0 radical (unpaired) electrons. The van der Waals surface area contributed by atoms with Crippen LogP contribution in [0, 0.1) is 20.8 Å². The fraction of sp³-hybridized carbons (Fsp3) is 0.316. The van der Waals surface area contributed by atoms with Gasteiger partial charge in [-0.3, -0.25) is 14.5 Å². The first-order chi connectivity index (χ1) is 11.7. The number of nitrogens with one attached hydrogen (secondary N) is 1. The summed E-state index contributed by atoms with van der Waals surface area (Å²) in [6.07, 6.45) is 0. The Kier molecular flexibility index (Phi) is 3.99. The molecular weight excluding hydrogens is 320 g/mol. The lowest BCUT2D eigenvalue weighted by molar-refractivity contribution is -0.130. The number of aryl methyl sites for hydroxylation is 3. The monoisotopic (exact) mass is 340 g/mol. The van der Waals surface area contributed by atoms with E-state index in [0.717, 1.165) is 10.5 Å². The maximum Gasteiger partial charge on any atom is 0.325 e. The van der Waals surface area contributed by atoms with Gasteiger partial charge in [-0.2, -0.15) is 0 Å². The molecule has 0 saturated carbocycles. The van der Waals surface area contributed by atoms with Gasteiger partial charge in [-0.05, 0) is 33.8 Å². The molecule has 1 atom stereocenters. The smallest absolute Gasteiger partial charge is 0.325 e. The van der Waals surface area contributed by atoms with Gasteiger partial charge in [0.1, 0.15) is 17.1 Å². The topological polar surface area (TPSA) is 79.6 Å². The first-order valence-electron chi connectivity index (χ1n) is 8.04. The molecule has 3 amide bonds. The lowest BCUT2D eigenvalue weighted by Crippen LogP contribution is -2.41. The molecule has 2 heterocycles. The van der Waals surface area contributed by atoms with Crippen molar-refractivity contribution in [2.45, 2.75) is 33.2 Å². The third-order valence-electron chi connectivity index (χ3n) is 4.53. The Morgan fingerprint density at radius 2 is 1.80 bits per heavy atom. The Hall–Kier alpha value is -2.89. The van der Waals surface area contributed by atoms with Crippen molar-refractivity contribution < 1.29 is 18.8 Å². The summed E-state index contributed by atoms with van der Waals surface area (Å²) in [5, 5.41) is 2.69. The summed E-state index contributed by atoms with van der Waals surface area (Å²) in [5.74, 6) is 0.486. The fourth-order valence-corrected chi connectivity index (χ4v) is 3.12. The van der Waals surface area contributed by atoms with E-state index in [2.05, 4.69) is 5.32 Å². The quantitative estimate of drug-likeness (QED) is 0.685. The molecule has 3 rings (SSSR count). The second-order valence-corrected chi connectivity index (χ2v) is 6.56. The zero-order chi connectivity index (χ0) is 18.4. The summed E-state index contributed by atoms with van der Waals surface area (Å²) >= 11 is 0. The van der Waals surface area contributed by atoms with Crippen LogP contribution < -0.4 is 5.32 Å². The van der Waals surface area contributed by atoms with Crippen molar-refractivity contribution in [1.29, 1.82) is 0 Å². The normalized spacial score (nSPS) is 20.1. The van der Waals surface area contributed by atoms with Crippen LogP contribution in [0.3, 0.4) is 0 Å². The van der Waals surface area contributed by atoms with E-state index in [0.29, 0.717) is 22.6 Å². The molecule has 130 valence electrons. The highest BCUT2D eigenvalue weighted by molar-refractivity contribution is 6.11. The Bertz CT molecular complexity index is 866. The predicted molar refractivity (Wildman–Crippen MR) is 91.3 cm³/mol. The van der Waals surface area contributed by atoms with E-state index in [-0.39, 0.29) is 12.3 Å². The van der Waals surface area contributed by atoms with Crippen molar-refractivity contribution in [3.05, 3.63) is 58.5 Å². The number of amides is 3. The minimum Gasteiger partial charge on any atom is -0.466 e. The number of hydrogen-bond donors (Lipinski definition) is 1. The van der Waals surface area contributed by atoms with Gasteiger partial charge in [0.05, 0.1) is 6.54 Å². The molecule has 1 N–H and O–H groups in total. The highest BCUT2D eigenvalue weighted by atomic mass is 16.3. The summed E-state index contributed by atoms with van der Waals surface area (Å²) in [6.45, 7) is 6.78. The Balaban J connectivity index is 1.85. The molecule has 0 aliphatic carbocycles. The van der Waals surface area contributed by atoms with Crippen LogP contribution >= 0.6 is 0 Å². The van der Waals surface area contributed by atoms with E-state index in [1.165, 1.54) is 0 Å². The van der Waals surface area contributed by atoms with E-state index in [9.17, 15) is 14.4 Å². The minimum atomic E-state index is -1.23. The minimum absolute atomic E-state index is 0.284. The zero-order valence-electron chi connectivity index (χ0n) is 14.7. The molecule has 1 aliphatic rings. The van der Waals surface area contributed by atoms with Gasteiger partial charge in [0, 0.05) is 11.1 Å². The van der Waals surface area contributed by atoms with Crippen LogP contribution in [-0.2, 0) is 10.3 Å². The van der Waals surface area contributed by atoms with Gasteiger partial charge >= 0.3 is 6.03 Å². The summed E-state index contributed by atoms with van der Waals surface area (Å²) in [7, 11) is 0. The van der Waals surface area contributed by atoms with Gasteiger partial charge in [0.15, 0.2) is 5.78 Å². The van der Waals surface area contributed by atoms with Gasteiger partial charge in [0.2, 0.25) is 0 Å². The molecular formula is C19H20N2O4. The molecule has 1 fully saturated rings. The van der Waals surface area contributed by atoms with E-state index in [1.54, 1.807) is 39.0 Å². The van der Waals surface area contributed by atoms with Gasteiger partial charge in [-0.1, -0.05) is 29.8 Å². The number of imide groups is 1. The average Bonchev–Trinajstić information content (AvgIpc) is 3.00. The summed E-state index contributed by atoms with van der Waals surface area (Å²) in [5.41, 5.74) is 0.876. The number of urea groups is 1. The van der Waals surface area contributed by atoms with Gasteiger partial charge in [-0.15, -0.1) is 0 Å². The first-order valence-corrected chi connectivity index (χ1v) is 8.04. The average molecular weight is 340 g/mol. The number of hydrogen-bond acceptors (Lipinski definition) is 4. The fourth-order valence-electron chi connectivity index (χ4n) is 3.12. The van der Waals surface area contributed by atoms with E-state index in [4.69, 9.17) is 4.42 Å². The predicted octanol–water partition coefficient (Wildman–Crippen LogP) is 2.85. The first kappa shape index (κ1) is 17.0. The summed E-state index contributed by atoms with van der Waals surface area (Å²) in [6, 6.07) is 8.18. The van der Waals surface area contributed by atoms with Crippen LogP contribution in [-0.4, -0.2) is 29.2 Å². The van der Waals surface area contributed by atoms with Crippen molar-refractivity contribution >= 4 is 17.7 Å². The number of carbonyl (C=O) groups excluding carboxylic acids is 3. The summed E-state index contributed by atoms with van der Waals surface area (Å²) in [4.78, 5) is 38.6. The third-order valence-corrected chi connectivity index (χ3v) is 4.53. The molecule has 1 aromatic carbocycles. The number of rotatable bonds is 4. The molecule has 6 nitrogen and oxygen atoms in total. The highest BCUT2D eigenvalue weighted by Gasteiger charge is 2.51. The molecule has 0 spiro atoms. The lowest BCUT2D eigenvalue weighted by atomic mass is 9.92. The van der Waals surface area contributed by atoms with Crippen molar-refractivity contribution in [2.75, 3.05) is 6.54 Å². The van der Waals surface area contributed by atoms with Crippen LogP contribution in [0.4, 0.5) is 4.79 Å². The number of furan rings is 1. The van der Waals surface area contributed by atoms with Gasteiger partial charge < -0.3 is 9.73 Å². The van der Waals surface area contributed by atoms with E-state index < -0.39 is 17.5 Å². The maximum absolute atomic E-state index is 12.9.